The van der Waals surface area contributed by atoms with Gasteiger partial charge in [0.2, 0.25) is 0 Å². The van der Waals surface area contributed by atoms with E-state index in [0.717, 1.165) is 0 Å². The van der Waals surface area contributed by atoms with Gasteiger partial charge in [0, 0.05) is 0 Å². The van der Waals surface area contributed by atoms with Crippen LogP contribution in [0.5, 0.6) is 0 Å². The standard InChI is InChI=1S/Ca.K.Na.H2O3Si.4H/c;;;1-4(2)3;;;;/h;;;1-2H;;;;/q+2;2*+1;;4*-1. The Hall–Kier alpha value is 3.51. The Morgan fingerprint density at radius 2 is 1.43 bits per heavy atom. The van der Waals surface area contributed by atoms with E-state index in [1.165, 1.54) is 0 Å². The molecule has 0 saturated carbocycles. The average molecular weight is 184 g/mol. The molecule has 0 amide bonds. The fourth-order valence-electron chi connectivity index (χ4n) is 0. The first-order chi connectivity index (χ1) is 1.73. The summed E-state index contributed by atoms with van der Waals surface area (Å²) < 4.78 is 8.74. The van der Waals surface area contributed by atoms with E-state index in [-0.39, 0.29) is 124 Å². The molecule has 0 unspecified atom stereocenters. The zero-order valence-electron chi connectivity index (χ0n) is 8.51. The van der Waals surface area contributed by atoms with Crippen LogP contribution in [0.25, 0.3) is 0 Å². The summed E-state index contributed by atoms with van der Waals surface area (Å²) >= 11 is 0. The van der Waals surface area contributed by atoms with Crippen molar-refractivity contribution in [3.63, 3.8) is 0 Å². The molecule has 2 N–H and O–H groups in total. The smallest absolute Gasteiger partial charge is 1.00 e. The largest absolute Gasteiger partial charge is 2.00 e. The van der Waals surface area contributed by atoms with Gasteiger partial charge in [0.1, 0.15) is 0 Å². The summed E-state index contributed by atoms with van der Waals surface area (Å²) in [5.74, 6) is 0. The summed E-state index contributed by atoms with van der Waals surface area (Å²) in [5.41, 5.74) is 0. The van der Waals surface area contributed by atoms with Crippen LogP contribution in [0.4, 0.5) is 0 Å². The van der Waals surface area contributed by atoms with Crippen molar-refractivity contribution in [3.05, 3.63) is 0 Å². The molecule has 0 aromatic carbocycles. The first-order valence-corrected chi connectivity index (χ1v) is 1.95. The summed E-state index contributed by atoms with van der Waals surface area (Å²) in [6.45, 7) is 0. The van der Waals surface area contributed by atoms with Gasteiger partial charge >= 0.3 is 128 Å². The van der Waals surface area contributed by atoms with Gasteiger partial charge in [-0.05, 0) is 0 Å². The molecule has 0 rings (SSSR count). The van der Waals surface area contributed by atoms with Crippen molar-refractivity contribution >= 4 is 46.9 Å². The number of rotatable bonds is 0. The molecule has 0 spiro atoms. The molecule has 0 atom stereocenters. The summed E-state index contributed by atoms with van der Waals surface area (Å²) in [6, 6.07) is 0. The zero-order chi connectivity index (χ0) is 3.58. The monoisotopic (exact) mass is 184 g/mol. The zero-order valence-corrected chi connectivity index (χ0v) is 12.8. The first-order valence-electron chi connectivity index (χ1n) is 0.651. The molecule has 32 valence electrons. The van der Waals surface area contributed by atoms with Crippen LogP contribution >= 0.6 is 0 Å². The first kappa shape index (κ1) is 22.4. The third kappa shape index (κ3) is 43.5. The third-order valence-electron chi connectivity index (χ3n) is 0. The molecule has 0 fully saturated rings. The number of hydrogen-bond donors (Lipinski definition) is 2. The molecule has 0 saturated heterocycles. The van der Waals surface area contributed by atoms with Crippen LogP contribution in [0.1, 0.15) is 5.71 Å². The topological polar surface area (TPSA) is 57.5 Å². The van der Waals surface area contributed by atoms with Crippen LogP contribution in [0, 0.1) is 0 Å². The van der Waals surface area contributed by atoms with Gasteiger partial charge in [0.05, 0.1) is 0 Å². The quantitative estimate of drug-likeness (QED) is 0.368. The van der Waals surface area contributed by atoms with Gasteiger partial charge in [-0.1, -0.05) is 0 Å². The van der Waals surface area contributed by atoms with Gasteiger partial charge in [-0.2, -0.15) is 0 Å². The van der Waals surface area contributed by atoms with Crippen molar-refractivity contribution in [2.24, 2.45) is 0 Å². The van der Waals surface area contributed by atoms with E-state index >= 15 is 0 Å². The van der Waals surface area contributed by atoms with Gasteiger partial charge in [0.15, 0.2) is 0 Å². The average Bonchev–Trinajstić information content (AvgIpc) is 0.811. The second-order valence-corrected chi connectivity index (χ2v) is 0.848. The minimum atomic E-state index is -3.13. The molecular weight excluding hydrogens is 178 g/mol. The molecule has 0 bridgehead atoms. The predicted molar refractivity (Wildman–Crippen MR) is 21.1 cm³/mol. The molecule has 0 heterocycles. The van der Waals surface area contributed by atoms with Crippen LogP contribution in [0.3, 0.4) is 0 Å². The Labute approximate surface area is 144 Å². The van der Waals surface area contributed by atoms with E-state index in [4.69, 9.17) is 14.1 Å². The summed E-state index contributed by atoms with van der Waals surface area (Å²) in [7, 11) is -3.13. The maximum atomic E-state index is 8.74. The van der Waals surface area contributed by atoms with Crippen LogP contribution in [-0.4, -0.2) is 56.5 Å². The van der Waals surface area contributed by atoms with Crippen molar-refractivity contribution in [1.82, 2.24) is 0 Å². The van der Waals surface area contributed by atoms with Crippen LogP contribution in [-0.2, 0) is 4.46 Å². The van der Waals surface area contributed by atoms with Gasteiger partial charge in [-0.15, -0.1) is 0 Å². The van der Waals surface area contributed by atoms with Gasteiger partial charge < -0.3 is 15.3 Å². The van der Waals surface area contributed by atoms with E-state index in [1.54, 1.807) is 0 Å². The molecule has 0 aliphatic carbocycles. The normalized spacial score (nSPS) is 3.43. The molecule has 0 aliphatic heterocycles. The molecule has 0 radical (unpaired) electrons. The van der Waals surface area contributed by atoms with Crippen LogP contribution in [0.2, 0.25) is 0 Å². The van der Waals surface area contributed by atoms with E-state index in [0.29, 0.717) is 0 Å². The Morgan fingerprint density at radius 1 is 1.43 bits per heavy atom. The van der Waals surface area contributed by atoms with Crippen molar-refractivity contribution in [3.8, 4) is 0 Å². The second-order valence-electron chi connectivity index (χ2n) is 0.283. The predicted octanol–water partition coefficient (Wildman–Crippen LogP) is -7.54. The molecule has 0 aliphatic rings. The van der Waals surface area contributed by atoms with Crippen molar-refractivity contribution in [1.29, 1.82) is 0 Å². The fourth-order valence-corrected chi connectivity index (χ4v) is 0. The van der Waals surface area contributed by atoms with Gasteiger partial charge in [-0.25, -0.2) is 0 Å². The number of hydrogen-bond acceptors (Lipinski definition) is 1. The van der Waals surface area contributed by atoms with Crippen molar-refractivity contribution in [2.45, 2.75) is 0 Å². The molecule has 7 heavy (non-hydrogen) atoms. The Bertz CT molecular complexity index is 48.3. The van der Waals surface area contributed by atoms with E-state index in [2.05, 4.69) is 0 Å². The molecule has 0 aromatic rings. The van der Waals surface area contributed by atoms with Gasteiger partial charge in [-0.3, -0.25) is 4.46 Å². The summed E-state index contributed by atoms with van der Waals surface area (Å²) in [6.07, 6.45) is 0. The fraction of sp³-hybridized carbons (Fsp3) is 0. The molecule has 3 nitrogen and oxygen atoms in total. The third-order valence-corrected chi connectivity index (χ3v) is 0. The Balaban J connectivity index is -0.00000000214. The van der Waals surface area contributed by atoms with Crippen LogP contribution in [0.15, 0.2) is 0 Å². The van der Waals surface area contributed by atoms with E-state index in [1.807, 2.05) is 0 Å². The van der Waals surface area contributed by atoms with Gasteiger partial charge in [0.25, 0.3) is 0 Å². The Morgan fingerprint density at radius 3 is 1.43 bits per heavy atom. The van der Waals surface area contributed by atoms with E-state index < -0.39 is 9.17 Å². The SMILES string of the molecule is O=[Si](O)O.[Ca+2].[H-].[H-].[H-].[H-].[K+].[Na+]. The maximum absolute atomic E-state index is 8.74. The minimum absolute atomic E-state index is 0. The second kappa shape index (κ2) is 16.3. The molecule has 0 aromatic heterocycles. The van der Waals surface area contributed by atoms with E-state index in [9.17, 15) is 0 Å². The maximum Gasteiger partial charge on any atom is 2.00 e. The van der Waals surface area contributed by atoms with Crippen LogP contribution < -0.4 is 80.9 Å². The minimum Gasteiger partial charge on any atom is -1.00 e. The summed E-state index contributed by atoms with van der Waals surface area (Å²) in [5, 5.41) is 0. The molecular formula is H6CaKNaO3Si. The Kier molecular flexibility index (Phi) is 52.1. The van der Waals surface area contributed by atoms with Crippen molar-refractivity contribution < 1.29 is 101 Å². The van der Waals surface area contributed by atoms with Crippen molar-refractivity contribution in [2.75, 3.05) is 0 Å². The molecule has 7 heteroatoms. The summed E-state index contributed by atoms with van der Waals surface area (Å²) in [4.78, 5) is 14.3.